The second-order valence-corrected chi connectivity index (χ2v) is 7.87. The lowest BCUT2D eigenvalue weighted by Crippen LogP contribution is -2.66. The van der Waals surface area contributed by atoms with Crippen molar-refractivity contribution in [3.63, 3.8) is 0 Å². The summed E-state index contributed by atoms with van der Waals surface area (Å²) in [6, 6.07) is 11.6. The minimum absolute atomic E-state index is 0.0550. The highest BCUT2D eigenvalue weighted by molar-refractivity contribution is 5.87. The van der Waals surface area contributed by atoms with E-state index in [-0.39, 0.29) is 11.8 Å². The number of primary amides is 1. The summed E-state index contributed by atoms with van der Waals surface area (Å²) in [6.07, 6.45) is 4.05. The van der Waals surface area contributed by atoms with E-state index in [9.17, 15) is 9.59 Å². The molecule has 1 aromatic carbocycles. The van der Waals surface area contributed by atoms with Gasteiger partial charge in [-0.1, -0.05) is 30.3 Å². The molecule has 0 saturated carbocycles. The fraction of sp³-hybridized carbons (Fsp3) is 0.429. The Labute approximate surface area is 170 Å². The van der Waals surface area contributed by atoms with Gasteiger partial charge < -0.3 is 15.5 Å². The number of benzene rings is 1. The molecule has 0 atom stereocenters. The van der Waals surface area contributed by atoms with Crippen LogP contribution in [0.3, 0.4) is 0 Å². The van der Waals surface area contributed by atoms with Gasteiger partial charge in [0.25, 0.3) is 0 Å². The van der Waals surface area contributed by atoms with E-state index >= 15 is 0 Å². The Morgan fingerprint density at radius 3 is 2.24 bits per heavy atom. The summed E-state index contributed by atoms with van der Waals surface area (Å²) in [6.45, 7) is 4.30. The van der Waals surface area contributed by atoms with E-state index in [0.717, 1.165) is 37.7 Å². The van der Waals surface area contributed by atoms with Crippen molar-refractivity contribution >= 4 is 17.8 Å². The molecule has 2 saturated heterocycles. The zero-order valence-electron chi connectivity index (χ0n) is 16.4. The first-order valence-electron chi connectivity index (χ1n) is 9.92. The molecule has 0 bridgehead atoms. The molecule has 2 amide bonds. The molecule has 0 spiro atoms. The number of nitrogens with two attached hydrogens (primary N) is 1. The number of amides is 2. The molecule has 2 aliphatic heterocycles. The predicted molar refractivity (Wildman–Crippen MR) is 109 cm³/mol. The molecule has 0 unspecified atom stereocenters. The number of piperazine rings is 1. The SMILES string of the molecule is NC(=O)C1(Cc2ccccc2)CN(C(=O)CN2CCN(c3ncccn3)CC2)C1. The molecular weight excluding hydrogens is 368 g/mol. The van der Waals surface area contributed by atoms with E-state index in [1.807, 2.05) is 30.3 Å². The van der Waals surface area contributed by atoms with Crippen molar-refractivity contribution in [2.24, 2.45) is 11.1 Å². The predicted octanol–water partition coefficient (Wildman–Crippen LogP) is 0.155. The van der Waals surface area contributed by atoms with Crippen LogP contribution in [0.25, 0.3) is 0 Å². The number of nitrogens with zero attached hydrogens (tertiary/aromatic N) is 5. The molecule has 0 radical (unpaired) electrons. The van der Waals surface area contributed by atoms with Gasteiger partial charge in [-0.3, -0.25) is 14.5 Å². The van der Waals surface area contributed by atoms with Crippen LogP contribution >= 0.6 is 0 Å². The minimum atomic E-state index is -0.652. The summed E-state index contributed by atoms with van der Waals surface area (Å²) in [4.78, 5) is 39.4. The third-order valence-corrected chi connectivity index (χ3v) is 5.81. The number of carbonyl (C=O) groups excluding carboxylic acids is 2. The quantitative estimate of drug-likeness (QED) is 0.750. The molecule has 8 nitrogen and oxygen atoms in total. The van der Waals surface area contributed by atoms with Crippen molar-refractivity contribution in [3.8, 4) is 0 Å². The maximum Gasteiger partial charge on any atom is 0.236 e. The van der Waals surface area contributed by atoms with Crippen molar-refractivity contribution in [2.75, 3.05) is 50.7 Å². The number of carbonyl (C=O) groups is 2. The topological polar surface area (TPSA) is 95.7 Å². The van der Waals surface area contributed by atoms with Crippen LogP contribution in [0.4, 0.5) is 5.95 Å². The van der Waals surface area contributed by atoms with Crippen LogP contribution < -0.4 is 10.6 Å². The van der Waals surface area contributed by atoms with Gasteiger partial charge in [0.2, 0.25) is 17.8 Å². The van der Waals surface area contributed by atoms with Crippen molar-refractivity contribution in [3.05, 3.63) is 54.4 Å². The van der Waals surface area contributed by atoms with Crippen LogP contribution in [-0.4, -0.2) is 77.4 Å². The molecule has 4 rings (SSSR count). The summed E-state index contributed by atoms with van der Waals surface area (Å²) < 4.78 is 0. The molecule has 29 heavy (non-hydrogen) atoms. The van der Waals surface area contributed by atoms with Crippen molar-refractivity contribution in [2.45, 2.75) is 6.42 Å². The molecule has 1 aromatic heterocycles. The van der Waals surface area contributed by atoms with E-state index in [1.54, 1.807) is 23.4 Å². The van der Waals surface area contributed by atoms with Gasteiger partial charge in [-0.2, -0.15) is 0 Å². The zero-order chi connectivity index (χ0) is 20.3. The first-order chi connectivity index (χ1) is 14.1. The Morgan fingerprint density at radius 1 is 0.966 bits per heavy atom. The van der Waals surface area contributed by atoms with E-state index < -0.39 is 5.41 Å². The van der Waals surface area contributed by atoms with Crippen LogP contribution in [0.5, 0.6) is 0 Å². The Bertz CT molecular complexity index is 846. The molecule has 2 aromatic rings. The van der Waals surface area contributed by atoms with Gasteiger partial charge in [0.15, 0.2) is 0 Å². The minimum Gasteiger partial charge on any atom is -0.369 e. The first kappa shape index (κ1) is 19.3. The highest BCUT2D eigenvalue weighted by Crippen LogP contribution is 2.34. The highest BCUT2D eigenvalue weighted by atomic mass is 16.2. The third kappa shape index (κ3) is 4.22. The molecule has 152 valence electrons. The monoisotopic (exact) mass is 394 g/mol. The molecule has 8 heteroatoms. The molecule has 2 aliphatic rings. The fourth-order valence-corrected chi connectivity index (χ4v) is 4.05. The van der Waals surface area contributed by atoms with Crippen molar-refractivity contribution in [1.29, 1.82) is 0 Å². The van der Waals surface area contributed by atoms with Crippen molar-refractivity contribution in [1.82, 2.24) is 19.8 Å². The Morgan fingerprint density at radius 2 is 1.62 bits per heavy atom. The molecule has 0 aliphatic carbocycles. The number of aromatic nitrogens is 2. The number of hydrogen-bond donors (Lipinski definition) is 1. The van der Waals surface area contributed by atoms with Gasteiger partial charge >= 0.3 is 0 Å². The average molecular weight is 394 g/mol. The maximum absolute atomic E-state index is 12.7. The Kier molecular flexibility index (Phi) is 5.44. The van der Waals surface area contributed by atoms with Crippen LogP contribution in [0, 0.1) is 5.41 Å². The zero-order valence-corrected chi connectivity index (χ0v) is 16.4. The summed E-state index contributed by atoms with van der Waals surface area (Å²) in [5, 5.41) is 0. The van der Waals surface area contributed by atoms with Gasteiger partial charge in [0, 0.05) is 51.7 Å². The summed E-state index contributed by atoms with van der Waals surface area (Å²) >= 11 is 0. The Hall–Kier alpha value is -3.00. The smallest absolute Gasteiger partial charge is 0.236 e. The fourth-order valence-electron chi connectivity index (χ4n) is 4.05. The number of likely N-dealkylation sites (tertiary alicyclic amines) is 1. The second kappa shape index (κ2) is 8.16. The molecule has 2 N–H and O–H groups in total. The van der Waals surface area contributed by atoms with Gasteiger partial charge in [0.1, 0.15) is 0 Å². The number of anilines is 1. The summed E-state index contributed by atoms with van der Waals surface area (Å²) in [7, 11) is 0. The summed E-state index contributed by atoms with van der Waals surface area (Å²) in [5.74, 6) is 0.453. The van der Waals surface area contributed by atoms with Crippen LogP contribution in [-0.2, 0) is 16.0 Å². The van der Waals surface area contributed by atoms with Gasteiger partial charge in [-0.25, -0.2) is 9.97 Å². The van der Waals surface area contributed by atoms with Gasteiger partial charge in [0.05, 0.1) is 12.0 Å². The third-order valence-electron chi connectivity index (χ3n) is 5.81. The second-order valence-electron chi connectivity index (χ2n) is 7.87. The molecular formula is C21H26N6O2. The lowest BCUT2D eigenvalue weighted by Gasteiger charge is -2.48. The van der Waals surface area contributed by atoms with Crippen LogP contribution in [0.1, 0.15) is 5.56 Å². The molecule has 3 heterocycles. The van der Waals surface area contributed by atoms with Gasteiger partial charge in [-0.15, -0.1) is 0 Å². The number of rotatable bonds is 6. The van der Waals surface area contributed by atoms with E-state index in [2.05, 4.69) is 19.8 Å². The van der Waals surface area contributed by atoms with E-state index in [4.69, 9.17) is 5.73 Å². The maximum atomic E-state index is 12.7. The lowest BCUT2D eigenvalue weighted by molar-refractivity contribution is -0.152. The van der Waals surface area contributed by atoms with E-state index in [0.29, 0.717) is 26.1 Å². The van der Waals surface area contributed by atoms with Gasteiger partial charge in [-0.05, 0) is 18.1 Å². The lowest BCUT2D eigenvalue weighted by atomic mass is 9.74. The average Bonchev–Trinajstić information content (AvgIpc) is 2.72. The molecule has 2 fully saturated rings. The normalized spacial score (nSPS) is 18.9. The van der Waals surface area contributed by atoms with Crippen molar-refractivity contribution < 1.29 is 9.59 Å². The highest BCUT2D eigenvalue weighted by Gasteiger charge is 2.49. The van der Waals surface area contributed by atoms with E-state index in [1.165, 1.54) is 0 Å². The number of hydrogen-bond acceptors (Lipinski definition) is 6. The Balaban J connectivity index is 1.27. The standard InChI is InChI=1S/C21H26N6O2/c22-19(29)21(13-17-5-2-1-3-6-17)15-27(16-21)18(28)14-25-9-11-26(12-10-25)20-23-7-4-8-24-20/h1-8H,9-16H2,(H2,22,29). The summed E-state index contributed by atoms with van der Waals surface area (Å²) in [5.41, 5.74) is 6.11. The van der Waals surface area contributed by atoms with Crippen LogP contribution in [0.15, 0.2) is 48.8 Å². The van der Waals surface area contributed by atoms with Crippen LogP contribution in [0.2, 0.25) is 0 Å². The first-order valence-corrected chi connectivity index (χ1v) is 9.92. The largest absolute Gasteiger partial charge is 0.369 e.